The van der Waals surface area contributed by atoms with Gasteiger partial charge in [0.25, 0.3) is 0 Å². The summed E-state index contributed by atoms with van der Waals surface area (Å²) < 4.78 is 0. The lowest BCUT2D eigenvalue weighted by Gasteiger charge is -2.41. The van der Waals surface area contributed by atoms with Gasteiger partial charge in [-0.15, -0.1) is 10.2 Å². The first kappa shape index (κ1) is 18.4. The molecule has 3 N–H and O–H groups in total. The number of phenolic OH excluding ortho intramolecular Hbond substituents is 1. The number of anilines is 1. The molecule has 3 aromatic rings. The first-order valence-corrected chi connectivity index (χ1v) is 9.55. The van der Waals surface area contributed by atoms with Gasteiger partial charge in [0, 0.05) is 22.4 Å². The molecule has 0 unspecified atom stereocenters. The van der Waals surface area contributed by atoms with Crippen molar-refractivity contribution < 1.29 is 10.2 Å². The van der Waals surface area contributed by atoms with Crippen molar-refractivity contribution in [2.45, 2.75) is 45.3 Å². The minimum absolute atomic E-state index is 0.185. The van der Waals surface area contributed by atoms with Gasteiger partial charge in [-0.1, -0.05) is 42.0 Å². The standard InChI is InChI=1S/C23H25N3O2/c1-14(2)10-15-8-9-19(20(27)11-15)21-17-6-4-5-7-18(17)22(26-25-21)24-16-12-23(3,28)13-16/h4-11,16,27-28H,12-13H2,1-3H3,(H,24,26). The highest BCUT2D eigenvalue weighted by atomic mass is 16.3. The Balaban J connectivity index is 1.73. The van der Waals surface area contributed by atoms with Crippen LogP contribution in [0.2, 0.25) is 0 Å². The third kappa shape index (κ3) is 3.58. The van der Waals surface area contributed by atoms with E-state index in [0.29, 0.717) is 29.9 Å². The summed E-state index contributed by atoms with van der Waals surface area (Å²) in [5.41, 5.74) is 2.84. The first-order chi connectivity index (χ1) is 13.3. The Labute approximate surface area is 164 Å². The van der Waals surface area contributed by atoms with E-state index in [9.17, 15) is 10.2 Å². The number of aromatic hydroxyl groups is 1. The average molecular weight is 375 g/mol. The summed E-state index contributed by atoms with van der Waals surface area (Å²) in [6.07, 6.45) is 3.41. The van der Waals surface area contributed by atoms with Gasteiger partial charge >= 0.3 is 0 Å². The van der Waals surface area contributed by atoms with E-state index in [2.05, 4.69) is 15.5 Å². The molecular weight excluding hydrogens is 350 g/mol. The monoisotopic (exact) mass is 375 g/mol. The van der Waals surface area contributed by atoms with Gasteiger partial charge < -0.3 is 15.5 Å². The van der Waals surface area contributed by atoms with Crippen molar-refractivity contribution in [3.05, 3.63) is 53.6 Å². The van der Waals surface area contributed by atoms with Crippen molar-refractivity contribution in [3.63, 3.8) is 0 Å². The zero-order valence-corrected chi connectivity index (χ0v) is 16.4. The summed E-state index contributed by atoms with van der Waals surface area (Å²) >= 11 is 0. The molecule has 0 amide bonds. The molecule has 4 rings (SSSR count). The number of nitrogens with zero attached hydrogens (tertiary/aromatic N) is 2. The molecule has 28 heavy (non-hydrogen) atoms. The van der Waals surface area contributed by atoms with E-state index in [1.54, 1.807) is 6.07 Å². The Kier molecular flexibility index (Phi) is 4.55. The zero-order valence-electron chi connectivity index (χ0n) is 16.4. The molecule has 1 fully saturated rings. The maximum atomic E-state index is 10.6. The number of benzene rings is 2. The predicted molar refractivity (Wildman–Crippen MR) is 113 cm³/mol. The normalized spacial score (nSPS) is 21.2. The molecule has 5 heteroatoms. The van der Waals surface area contributed by atoms with Crippen LogP contribution in [0.15, 0.2) is 48.0 Å². The number of allylic oxidation sites excluding steroid dienone is 1. The number of nitrogens with one attached hydrogen (secondary N) is 1. The molecule has 144 valence electrons. The summed E-state index contributed by atoms with van der Waals surface area (Å²) in [6.45, 7) is 5.90. The fourth-order valence-electron chi connectivity index (χ4n) is 3.88. The van der Waals surface area contributed by atoms with Crippen LogP contribution in [-0.4, -0.2) is 32.1 Å². The molecule has 1 aliphatic carbocycles. The molecule has 0 spiro atoms. The van der Waals surface area contributed by atoms with Crippen molar-refractivity contribution in [1.29, 1.82) is 0 Å². The maximum absolute atomic E-state index is 10.6. The lowest BCUT2D eigenvalue weighted by Crippen LogP contribution is -2.48. The van der Waals surface area contributed by atoms with Crippen molar-refractivity contribution in [1.82, 2.24) is 10.2 Å². The van der Waals surface area contributed by atoms with Crippen LogP contribution < -0.4 is 5.32 Å². The molecule has 0 atom stereocenters. The topological polar surface area (TPSA) is 78.3 Å². The Morgan fingerprint density at radius 1 is 1.11 bits per heavy atom. The molecule has 1 saturated carbocycles. The molecule has 1 aliphatic rings. The van der Waals surface area contributed by atoms with Crippen LogP contribution in [0.5, 0.6) is 5.75 Å². The van der Waals surface area contributed by atoms with Gasteiger partial charge in [0.05, 0.1) is 5.60 Å². The summed E-state index contributed by atoms with van der Waals surface area (Å²) in [5, 5.41) is 34.7. The fraction of sp³-hybridized carbons (Fsp3) is 0.304. The second-order valence-corrected chi connectivity index (χ2v) is 8.19. The highest BCUT2D eigenvalue weighted by Crippen LogP contribution is 2.38. The van der Waals surface area contributed by atoms with Gasteiger partial charge in [-0.25, -0.2) is 0 Å². The molecule has 0 saturated heterocycles. The lowest BCUT2D eigenvalue weighted by molar-refractivity contribution is -0.0235. The second kappa shape index (κ2) is 6.91. The van der Waals surface area contributed by atoms with Gasteiger partial charge in [0.15, 0.2) is 5.82 Å². The molecule has 1 heterocycles. The van der Waals surface area contributed by atoms with E-state index in [1.165, 1.54) is 5.57 Å². The third-order valence-corrected chi connectivity index (χ3v) is 5.13. The van der Waals surface area contributed by atoms with Gasteiger partial charge in [-0.05, 0) is 51.3 Å². The molecule has 0 radical (unpaired) electrons. The number of rotatable bonds is 4. The van der Waals surface area contributed by atoms with Crippen LogP contribution in [0, 0.1) is 0 Å². The van der Waals surface area contributed by atoms with E-state index >= 15 is 0 Å². The van der Waals surface area contributed by atoms with Crippen molar-refractivity contribution in [3.8, 4) is 17.0 Å². The smallest absolute Gasteiger partial charge is 0.156 e. The quantitative estimate of drug-likeness (QED) is 0.613. The Morgan fingerprint density at radius 2 is 1.82 bits per heavy atom. The van der Waals surface area contributed by atoms with Crippen LogP contribution >= 0.6 is 0 Å². The van der Waals surface area contributed by atoms with Gasteiger partial charge in [0.1, 0.15) is 11.4 Å². The van der Waals surface area contributed by atoms with Crippen molar-refractivity contribution in [2.24, 2.45) is 0 Å². The fourth-order valence-corrected chi connectivity index (χ4v) is 3.88. The van der Waals surface area contributed by atoms with Gasteiger partial charge in [-0.2, -0.15) is 0 Å². The number of aromatic nitrogens is 2. The van der Waals surface area contributed by atoms with Crippen LogP contribution in [0.1, 0.15) is 39.2 Å². The molecule has 1 aromatic heterocycles. The summed E-state index contributed by atoms with van der Waals surface area (Å²) in [5.74, 6) is 0.894. The van der Waals surface area contributed by atoms with E-state index < -0.39 is 5.60 Å². The SMILES string of the molecule is CC(C)=Cc1ccc(-c2nnc(NC3CC(C)(O)C3)c3ccccc23)c(O)c1. The number of fused-ring (bicyclic) bond motifs is 1. The molecule has 5 nitrogen and oxygen atoms in total. The Bertz CT molecular complexity index is 1060. The minimum atomic E-state index is -0.598. The molecular formula is C23H25N3O2. The zero-order chi connectivity index (χ0) is 19.9. The van der Waals surface area contributed by atoms with Gasteiger partial charge in [-0.3, -0.25) is 0 Å². The average Bonchev–Trinajstić information content (AvgIpc) is 2.60. The van der Waals surface area contributed by atoms with Crippen LogP contribution in [0.4, 0.5) is 5.82 Å². The lowest BCUT2D eigenvalue weighted by atomic mass is 9.77. The van der Waals surface area contributed by atoms with E-state index in [0.717, 1.165) is 16.3 Å². The first-order valence-electron chi connectivity index (χ1n) is 9.55. The summed E-state index contributed by atoms with van der Waals surface area (Å²) in [4.78, 5) is 0. The Hall–Kier alpha value is -2.92. The van der Waals surface area contributed by atoms with E-state index in [-0.39, 0.29) is 11.8 Å². The Morgan fingerprint density at radius 3 is 2.46 bits per heavy atom. The van der Waals surface area contributed by atoms with Crippen LogP contribution in [0.25, 0.3) is 28.1 Å². The molecule has 0 bridgehead atoms. The van der Waals surface area contributed by atoms with E-state index in [4.69, 9.17) is 0 Å². The van der Waals surface area contributed by atoms with Crippen molar-refractivity contribution in [2.75, 3.05) is 5.32 Å². The minimum Gasteiger partial charge on any atom is -0.507 e. The van der Waals surface area contributed by atoms with E-state index in [1.807, 2.05) is 63.2 Å². The highest BCUT2D eigenvalue weighted by molar-refractivity contribution is 6.01. The van der Waals surface area contributed by atoms with Crippen molar-refractivity contribution >= 4 is 22.7 Å². The molecule has 2 aromatic carbocycles. The second-order valence-electron chi connectivity index (χ2n) is 8.19. The third-order valence-electron chi connectivity index (χ3n) is 5.13. The number of phenols is 1. The maximum Gasteiger partial charge on any atom is 0.156 e. The van der Waals surface area contributed by atoms with Gasteiger partial charge in [0.2, 0.25) is 0 Å². The number of hydrogen-bond donors (Lipinski definition) is 3. The van der Waals surface area contributed by atoms with Crippen LogP contribution in [0.3, 0.4) is 0 Å². The number of aliphatic hydroxyl groups is 1. The highest BCUT2D eigenvalue weighted by Gasteiger charge is 2.38. The number of hydrogen-bond acceptors (Lipinski definition) is 5. The summed E-state index contributed by atoms with van der Waals surface area (Å²) in [6, 6.07) is 13.7. The predicted octanol–water partition coefficient (Wildman–Crippen LogP) is 4.75. The van der Waals surface area contributed by atoms with Crippen LogP contribution in [-0.2, 0) is 0 Å². The largest absolute Gasteiger partial charge is 0.507 e. The summed E-state index contributed by atoms with van der Waals surface area (Å²) in [7, 11) is 0. The molecule has 0 aliphatic heterocycles.